The lowest BCUT2D eigenvalue weighted by Crippen LogP contribution is -2.35. The molecule has 0 aromatic rings. The molecule has 0 saturated heterocycles. The number of carboxylic acid groups (broad SMARTS) is 1. The molecule has 2 N–H and O–H groups in total. The number of fused-ring (bicyclic) bond motifs is 2. The number of rotatable bonds is 1. The smallest absolute Gasteiger partial charge is 0.306 e. The standard InChI is InChI=1S/C10H16O3/c11-9-4-6-1-7(5-9)3-8(2-6)10(12)13/h6-9,11H,1-5H2,(H,12,13). The molecule has 2 fully saturated rings. The van der Waals surface area contributed by atoms with E-state index in [1.807, 2.05) is 0 Å². The van der Waals surface area contributed by atoms with E-state index in [-0.39, 0.29) is 12.0 Å². The molecule has 2 bridgehead atoms. The number of carbonyl (C=O) groups is 1. The Bertz CT molecular complexity index is 196. The number of aliphatic carboxylic acids is 1. The maximum absolute atomic E-state index is 10.8. The van der Waals surface area contributed by atoms with Crippen molar-refractivity contribution in [3.63, 3.8) is 0 Å². The van der Waals surface area contributed by atoms with Crippen molar-refractivity contribution in [1.29, 1.82) is 0 Å². The van der Waals surface area contributed by atoms with Crippen molar-refractivity contribution in [3.8, 4) is 0 Å². The van der Waals surface area contributed by atoms with Crippen LogP contribution in [-0.4, -0.2) is 22.3 Å². The Hall–Kier alpha value is -0.570. The molecule has 2 unspecified atom stereocenters. The highest BCUT2D eigenvalue weighted by atomic mass is 16.4. The summed E-state index contributed by atoms with van der Waals surface area (Å²) in [5.74, 6) is 0.134. The maximum Gasteiger partial charge on any atom is 0.306 e. The van der Waals surface area contributed by atoms with Crippen molar-refractivity contribution in [2.75, 3.05) is 0 Å². The molecule has 0 aliphatic heterocycles. The minimum Gasteiger partial charge on any atom is -0.481 e. The molecule has 2 atom stereocenters. The van der Waals surface area contributed by atoms with Crippen LogP contribution in [0.1, 0.15) is 32.1 Å². The summed E-state index contributed by atoms with van der Waals surface area (Å²) in [4.78, 5) is 10.8. The van der Waals surface area contributed by atoms with Crippen LogP contribution < -0.4 is 0 Å². The Balaban J connectivity index is 2.01. The molecule has 3 heteroatoms. The third kappa shape index (κ3) is 1.85. The molecule has 2 aliphatic carbocycles. The summed E-state index contributed by atoms with van der Waals surface area (Å²) >= 11 is 0. The Labute approximate surface area is 77.8 Å². The van der Waals surface area contributed by atoms with E-state index in [0.717, 1.165) is 32.1 Å². The Morgan fingerprint density at radius 2 is 1.54 bits per heavy atom. The normalized spacial score (nSPS) is 44.4. The molecule has 74 valence electrons. The first-order valence-electron chi connectivity index (χ1n) is 5.06. The lowest BCUT2D eigenvalue weighted by atomic mass is 9.67. The van der Waals surface area contributed by atoms with E-state index < -0.39 is 5.97 Å². The van der Waals surface area contributed by atoms with Gasteiger partial charge in [-0.2, -0.15) is 0 Å². The molecular formula is C10H16O3. The second-order valence-corrected chi connectivity index (χ2v) is 4.60. The first-order valence-corrected chi connectivity index (χ1v) is 5.06. The molecule has 13 heavy (non-hydrogen) atoms. The summed E-state index contributed by atoms with van der Waals surface area (Å²) in [6.45, 7) is 0. The van der Waals surface area contributed by atoms with Gasteiger partial charge in [0.15, 0.2) is 0 Å². The van der Waals surface area contributed by atoms with Crippen molar-refractivity contribution in [3.05, 3.63) is 0 Å². The summed E-state index contributed by atoms with van der Waals surface area (Å²) in [5, 5.41) is 18.4. The summed E-state index contributed by atoms with van der Waals surface area (Å²) in [6.07, 6.45) is 4.17. The minimum atomic E-state index is -0.647. The highest BCUT2D eigenvalue weighted by molar-refractivity contribution is 5.70. The van der Waals surface area contributed by atoms with Crippen molar-refractivity contribution in [2.24, 2.45) is 17.8 Å². The van der Waals surface area contributed by atoms with E-state index >= 15 is 0 Å². The largest absolute Gasteiger partial charge is 0.481 e. The van der Waals surface area contributed by atoms with Crippen molar-refractivity contribution >= 4 is 5.97 Å². The van der Waals surface area contributed by atoms with Gasteiger partial charge in [-0.05, 0) is 43.9 Å². The van der Waals surface area contributed by atoms with E-state index in [4.69, 9.17) is 5.11 Å². The van der Waals surface area contributed by atoms with Crippen LogP contribution in [0, 0.1) is 17.8 Å². The fourth-order valence-corrected chi connectivity index (χ4v) is 3.02. The quantitative estimate of drug-likeness (QED) is 0.645. The average Bonchev–Trinajstić information content (AvgIpc) is 2.01. The van der Waals surface area contributed by atoms with Crippen molar-refractivity contribution < 1.29 is 15.0 Å². The van der Waals surface area contributed by atoms with E-state index in [9.17, 15) is 9.90 Å². The lowest BCUT2D eigenvalue weighted by molar-refractivity contribution is -0.145. The van der Waals surface area contributed by atoms with Gasteiger partial charge in [0.2, 0.25) is 0 Å². The van der Waals surface area contributed by atoms with Gasteiger partial charge in [0.05, 0.1) is 12.0 Å². The van der Waals surface area contributed by atoms with Crippen molar-refractivity contribution in [2.45, 2.75) is 38.2 Å². The second kappa shape index (κ2) is 3.29. The number of carboxylic acids is 1. The van der Waals surface area contributed by atoms with Crippen LogP contribution in [0.2, 0.25) is 0 Å². The Morgan fingerprint density at radius 1 is 1.00 bits per heavy atom. The topological polar surface area (TPSA) is 57.5 Å². The fourth-order valence-electron chi connectivity index (χ4n) is 3.02. The van der Waals surface area contributed by atoms with Gasteiger partial charge in [0, 0.05) is 0 Å². The SMILES string of the molecule is O=C(O)C1CC2CC(O)CC(C2)C1. The van der Waals surface area contributed by atoms with Crippen molar-refractivity contribution in [1.82, 2.24) is 0 Å². The molecule has 2 saturated carbocycles. The molecule has 2 rings (SSSR count). The lowest BCUT2D eigenvalue weighted by Gasteiger charge is -2.39. The molecule has 0 aromatic heterocycles. The predicted octanol–water partition coefficient (Wildman–Crippen LogP) is 1.26. The van der Waals surface area contributed by atoms with Gasteiger partial charge in [-0.1, -0.05) is 0 Å². The highest BCUT2D eigenvalue weighted by Gasteiger charge is 2.37. The third-order valence-electron chi connectivity index (χ3n) is 3.46. The molecule has 0 radical (unpaired) electrons. The van der Waals surface area contributed by atoms with Crippen LogP contribution in [0.25, 0.3) is 0 Å². The number of aliphatic hydroxyl groups is 1. The summed E-state index contributed by atoms with van der Waals surface area (Å²) in [7, 11) is 0. The number of hydrogen-bond acceptors (Lipinski definition) is 2. The van der Waals surface area contributed by atoms with Crippen LogP contribution in [0.4, 0.5) is 0 Å². The highest BCUT2D eigenvalue weighted by Crippen LogP contribution is 2.42. The van der Waals surface area contributed by atoms with Crippen LogP contribution in [0.3, 0.4) is 0 Å². The Kier molecular flexibility index (Phi) is 2.28. The van der Waals surface area contributed by atoms with E-state index in [2.05, 4.69) is 0 Å². The zero-order valence-electron chi connectivity index (χ0n) is 7.65. The summed E-state index contributed by atoms with van der Waals surface area (Å²) < 4.78 is 0. The molecular weight excluding hydrogens is 168 g/mol. The van der Waals surface area contributed by atoms with Crippen LogP contribution >= 0.6 is 0 Å². The monoisotopic (exact) mass is 184 g/mol. The number of hydrogen-bond donors (Lipinski definition) is 2. The van der Waals surface area contributed by atoms with Crippen LogP contribution in [0.5, 0.6) is 0 Å². The zero-order valence-corrected chi connectivity index (χ0v) is 7.65. The average molecular weight is 184 g/mol. The molecule has 3 nitrogen and oxygen atoms in total. The maximum atomic E-state index is 10.8. The van der Waals surface area contributed by atoms with Gasteiger partial charge < -0.3 is 10.2 Å². The van der Waals surface area contributed by atoms with E-state index in [0.29, 0.717) is 11.8 Å². The minimum absolute atomic E-state index is 0.142. The Morgan fingerprint density at radius 3 is 2.00 bits per heavy atom. The first-order chi connectivity index (χ1) is 6.15. The number of aliphatic hydroxyl groups excluding tert-OH is 1. The third-order valence-corrected chi connectivity index (χ3v) is 3.46. The van der Waals surface area contributed by atoms with E-state index in [1.54, 1.807) is 0 Å². The van der Waals surface area contributed by atoms with Gasteiger partial charge in [0.25, 0.3) is 0 Å². The van der Waals surface area contributed by atoms with Gasteiger partial charge in [-0.25, -0.2) is 0 Å². The summed E-state index contributed by atoms with van der Waals surface area (Å²) in [5.41, 5.74) is 0. The van der Waals surface area contributed by atoms with E-state index in [1.165, 1.54) is 0 Å². The molecule has 0 aromatic carbocycles. The van der Waals surface area contributed by atoms with Crippen LogP contribution in [0.15, 0.2) is 0 Å². The van der Waals surface area contributed by atoms with Gasteiger partial charge in [-0.3, -0.25) is 4.79 Å². The molecule has 2 aliphatic rings. The fraction of sp³-hybridized carbons (Fsp3) is 0.900. The van der Waals surface area contributed by atoms with Gasteiger partial charge in [-0.15, -0.1) is 0 Å². The van der Waals surface area contributed by atoms with Gasteiger partial charge >= 0.3 is 5.97 Å². The first kappa shape index (κ1) is 9.00. The zero-order chi connectivity index (χ0) is 9.42. The molecule has 0 heterocycles. The summed E-state index contributed by atoms with van der Waals surface area (Å²) in [6, 6.07) is 0. The molecule has 0 amide bonds. The molecule has 0 spiro atoms. The second-order valence-electron chi connectivity index (χ2n) is 4.60. The van der Waals surface area contributed by atoms with Gasteiger partial charge in [0.1, 0.15) is 0 Å². The predicted molar refractivity (Wildman–Crippen MR) is 47.2 cm³/mol. The van der Waals surface area contributed by atoms with Crippen LogP contribution in [-0.2, 0) is 4.79 Å².